The maximum atomic E-state index is 11.4. The predicted molar refractivity (Wildman–Crippen MR) is 50.2 cm³/mol. The Morgan fingerprint density at radius 1 is 1.62 bits per heavy atom. The van der Waals surface area contributed by atoms with E-state index in [2.05, 4.69) is 0 Å². The molecule has 0 spiro atoms. The normalized spacial score (nSPS) is 17.7. The molecule has 76 valence electrons. The summed E-state index contributed by atoms with van der Waals surface area (Å²) < 4.78 is 5.37. The van der Waals surface area contributed by atoms with E-state index >= 15 is 0 Å². The lowest BCUT2D eigenvalue weighted by atomic mass is 10.1. The number of hydrogen-bond donors (Lipinski definition) is 1. The summed E-state index contributed by atoms with van der Waals surface area (Å²) >= 11 is 0. The van der Waals surface area contributed by atoms with Gasteiger partial charge in [-0.1, -0.05) is 13.8 Å². The van der Waals surface area contributed by atoms with Gasteiger partial charge in [0.05, 0.1) is 12.7 Å². The first-order valence-corrected chi connectivity index (χ1v) is 4.75. The summed E-state index contributed by atoms with van der Waals surface area (Å²) in [5, 5.41) is 0. The van der Waals surface area contributed by atoms with Gasteiger partial charge in [-0.3, -0.25) is 4.79 Å². The van der Waals surface area contributed by atoms with Gasteiger partial charge in [-0.2, -0.15) is 0 Å². The predicted octanol–water partition coefficient (Wildman–Crippen LogP) is -0.171. The summed E-state index contributed by atoms with van der Waals surface area (Å²) in [5.41, 5.74) is 5.29. The summed E-state index contributed by atoms with van der Waals surface area (Å²) in [4.78, 5) is 13.2. The molecule has 0 aliphatic carbocycles. The second-order valence-corrected chi connectivity index (χ2v) is 3.68. The van der Waals surface area contributed by atoms with Crippen LogP contribution in [-0.2, 0) is 9.53 Å². The smallest absolute Gasteiger partial charge is 0.225 e. The van der Waals surface area contributed by atoms with E-state index in [1.807, 2.05) is 18.7 Å². The van der Waals surface area contributed by atoms with Crippen LogP contribution < -0.4 is 5.73 Å². The van der Waals surface area contributed by atoms with E-state index in [9.17, 15) is 4.79 Å². The van der Waals surface area contributed by atoms with Crippen molar-refractivity contribution in [3.63, 3.8) is 0 Å². The molecule has 0 atom stereocenters. The number of carbonyl (C=O) groups is 1. The fraction of sp³-hybridized carbons (Fsp3) is 0.889. The fourth-order valence-corrected chi connectivity index (χ4v) is 1.32. The van der Waals surface area contributed by atoms with Crippen LogP contribution in [0.25, 0.3) is 0 Å². The van der Waals surface area contributed by atoms with E-state index in [4.69, 9.17) is 10.5 Å². The first-order chi connectivity index (χ1) is 6.15. The molecule has 1 saturated heterocycles. The minimum absolute atomic E-state index is 0.0930. The maximum absolute atomic E-state index is 11.4. The summed E-state index contributed by atoms with van der Waals surface area (Å²) in [6.07, 6.45) is 0.214. The number of likely N-dealkylation sites (tertiary alicyclic amines) is 1. The third-order valence-corrected chi connectivity index (χ3v) is 2.13. The average molecular weight is 186 g/mol. The van der Waals surface area contributed by atoms with Gasteiger partial charge in [0.1, 0.15) is 0 Å². The Bertz CT molecular complexity index is 176. The zero-order chi connectivity index (χ0) is 9.84. The van der Waals surface area contributed by atoms with Crippen LogP contribution in [0.3, 0.4) is 0 Å². The van der Waals surface area contributed by atoms with Gasteiger partial charge in [-0.05, 0) is 0 Å². The van der Waals surface area contributed by atoms with Crippen LogP contribution in [0, 0.1) is 5.92 Å². The van der Waals surface area contributed by atoms with Crippen molar-refractivity contribution < 1.29 is 9.53 Å². The minimum Gasteiger partial charge on any atom is -0.373 e. The highest BCUT2D eigenvalue weighted by molar-refractivity contribution is 5.78. The van der Waals surface area contributed by atoms with E-state index in [0.717, 1.165) is 13.1 Å². The topological polar surface area (TPSA) is 55.6 Å². The zero-order valence-corrected chi connectivity index (χ0v) is 8.32. The molecule has 1 fully saturated rings. The SMILES string of the molecule is CC(C)C(=O)N1CC(OCCN)C1. The second kappa shape index (κ2) is 4.58. The molecule has 0 aromatic heterocycles. The lowest BCUT2D eigenvalue weighted by molar-refractivity contribution is -0.148. The molecule has 1 aliphatic heterocycles. The molecule has 4 nitrogen and oxygen atoms in total. The van der Waals surface area contributed by atoms with Crippen molar-refractivity contribution in [3.05, 3.63) is 0 Å². The van der Waals surface area contributed by atoms with Crippen molar-refractivity contribution in [2.45, 2.75) is 20.0 Å². The minimum atomic E-state index is 0.0930. The summed E-state index contributed by atoms with van der Waals surface area (Å²) in [6.45, 7) is 6.43. The van der Waals surface area contributed by atoms with Gasteiger partial charge in [0, 0.05) is 25.6 Å². The van der Waals surface area contributed by atoms with Crippen LogP contribution in [0.15, 0.2) is 0 Å². The lowest BCUT2D eigenvalue weighted by Crippen LogP contribution is -2.56. The van der Waals surface area contributed by atoms with Crippen LogP contribution in [0.4, 0.5) is 0 Å². The Morgan fingerprint density at radius 2 is 2.23 bits per heavy atom. The van der Waals surface area contributed by atoms with E-state index in [-0.39, 0.29) is 17.9 Å². The molecule has 0 saturated carbocycles. The van der Waals surface area contributed by atoms with E-state index in [0.29, 0.717) is 13.2 Å². The maximum Gasteiger partial charge on any atom is 0.225 e. The molecule has 13 heavy (non-hydrogen) atoms. The molecule has 0 aromatic carbocycles. The Kier molecular flexibility index (Phi) is 3.69. The number of amides is 1. The van der Waals surface area contributed by atoms with Gasteiger partial charge in [0.15, 0.2) is 0 Å². The largest absolute Gasteiger partial charge is 0.373 e. The van der Waals surface area contributed by atoms with Crippen LogP contribution >= 0.6 is 0 Å². The molecular formula is C9H18N2O2. The molecule has 2 N–H and O–H groups in total. The van der Waals surface area contributed by atoms with Crippen molar-refractivity contribution >= 4 is 5.91 Å². The van der Waals surface area contributed by atoms with Gasteiger partial charge in [-0.15, -0.1) is 0 Å². The van der Waals surface area contributed by atoms with Crippen molar-refractivity contribution in [1.29, 1.82) is 0 Å². The highest BCUT2D eigenvalue weighted by Crippen LogP contribution is 2.14. The average Bonchev–Trinajstić information content (AvgIpc) is 2.01. The van der Waals surface area contributed by atoms with Gasteiger partial charge in [-0.25, -0.2) is 0 Å². The number of carbonyl (C=O) groups excluding carboxylic acids is 1. The molecule has 0 bridgehead atoms. The number of nitrogens with two attached hydrogens (primary N) is 1. The molecule has 1 rings (SSSR count). The second-order valence-electron chi connectivity index (χ2n) is 3.68. The highest BCUT2D eigenvalue weighted by atomic mass is 16.5. The van der Waals surface area contributed by atoms with Crippen LogP contribution in [0.1, 0.15) is 13.8 Å². The number of hydrogen-bond acceptors (Lipinski definition) is 3. The summed E-state index contributed by atoms with van der Waals surface area (Å²) in [7, 11) is 0. The summed E-state index contributed by atoms with van der Waals surface area (Å²) in [5.74, 6) is 0.308. The van der Waals surface area contributed by atoms with Crippen molar-refractivity contribution in [2.75, 3.05) is 26.2 Å². The first kappa shape index (κ1) is 10.5. The monoisotopic (exact) mass is 186 g/mol. The Hall–Kier alpha value is -0.610. The molecule has 1 heterocycles. The van der Waals surface area contributed by atoms with E-state index < -0.39 is 0 Å². The lowest BCUT2D eigenvalue weighted by Gasteiger charge is -2.39. The number of ether oxygens (including phenoxy) is 1. The van der Waals surface area contributed by atoms with Crippen LogP contribution in [-0.4, -0.2) is 43.2 Å². The zero-order valence-electron chi connectivity index (χ0n) is 8.32. The molecule has 4 heteroatoms. The van der Waals surface area contributed by atoms with E-state index in [1.54, 1.807) is 0 Å². The third kappa shape index (κ3) is 2.67. The molecule has 0 aromatic rings. The van der Waals surface area contributed by atoms with E-state index in [1.165, 1.54) is 0 Å². The standard InChI is InChI=1S/C9H18N2O2/c1-7(2)9(12)11-5-8(6-11)13-4-3-10/h7-8H,3-6,10H2,1-2H3. The Morgan fingerprint density at radius 3 is 2.69 bits per heavy atom. The van der Waals surface area contributed by atoms with Crippen LogP contribution in [0.2, 0.25) is 0 Å². The molecule has 0 radical (unpaired) electrons. The van der Waals surface area contributed by atoms with Gasteiger partial charge in [0.25, 0.3) is 0 Å². The van der Waals surface area contributed by atoms with Gasteiger partial charge in [0.2, 0.25) is 5.91 Å². The fourth-order valence-electron chi connectivity index (χ4n) is 1.32. The highest BCUT2D eigenvalue weighted by Gasteiger charge is 2.31. The molecule has 1 amide bonds. The third-order valence-electron chi connectivity index (χ3n) is 2.13. The first-order valence-electron chi connectivity index (χ1n) is 4.75. The van der Waals surface area contributed by atoms with Crippen molar-refractivity contribution in [1.82, 2.24) is 4.90 Å². The molecule has 1 aliphatic rings. The number of nitrogens with zero attached hydrogens (tertiary/aromatic N) is 1. The van der Waals surface area contributed by atoms with Crippen molar-refractivity contribution in [3.8, 4) is 0 Å². The quantitative estimate of drug-likeness (QED) is 0.663. The summed E-state index contributed by atoms with van der Waals surface area (Å²) in [6, 6.07) is 0. The van der Waals surface area contributed by atoms with Crippen molar-refractivity contribution in [2.24, 2.45) is 11.7 Å². The van der Waals surface area contributed by atoms with Crippen LogP contribution in [0.5, 0.6) is 0 Å². The number of rotatable bonds is 4. The van der Waals surface area contributed by atoms with Gasteiger partial charge >= 0.3 is 0 Å². The Labute approximate surface area is 79.0 Å². The van der Waals surface area contributed by atoms with Gasteiger partial charge < -0.3 is 15.4 Å². The molecular weight excluding hydrogens is 168 g/mol. The Balaban J connectivity index is 2.14. The molecule has 0 unspecified atom stereocenters.